The van der Waals surface area contributed by atoms with Crippen LogP contribution in [0.3, 0.4) is 0 Å². The van der Waals surface area contributed by atoms with Gasteiger partial charge in [-0.2, -0.15) is 0 Å². The van der Waals surface area contributed by atoms with Gasteiger partial charge in [-0.05, 0) is 18.9 Å². The number of likely N-dealkylation sites (tertiary alicyclic amines) is 1. The van der Waals surface area contributed by atoms with Gasteiger partial charge in [-0.15, -0.1) is 0 Å². The quantitative estimate of drug-likeness (QED) is 0.553. The van der Waals surface area contributed by atoms with E-state index in [1.807, 2.05) is 0 Å². The lowest BCUT2D eigenvalue weighted by molar-refractivity contribution is -0.129. The van der Waals surface area contributed by atoms with Crippen molar-refractivity contribution in [2.75, 3.05) is 13.1 Å². The standard InChI is InChI=1S/C11H13N3O2/c15-9(11-12-4-3-5-13-11)8-10(16)14-6-1-2-7-14/h3-5H,1-2,6-8H2. The second-order valence-electron chi connectivity index (χ2n) is 3.76. The Morgan fingerprint density at radius 3 is 2.44 bits per heavy atom. The molecule has 1 aliphatic rings. The summed E-state index contributed by atoms with van der Waals surface area (Å²) in [7, 11) is 0. The Morgan fingerprint density at radius 2 is 1.81 bits per heavy atom. The minimum absolute atomic E-state index is 0.116. The summed E-state index contributed by atoms with van der Waals surface area (Å²) in [6.07, 6.45) is 4.94. The summed E-state index contributed by atoms with van der Waals surface area (Å²) in [4.78, 5) is 32.7. The van der Waals surface area contributed by atoms with Crippen LogP contribution >= 0.6 is 0 Å². The van der Waals surface area contributed by atoms with E-state index in [1.165, 1.54) is 12.4 Å². The summed E-state index contributed by atoms with van der Waals surface area (Å²) < 4.78 is 0. The van der Waals surface area contributed by atoms with Crippen LogP contribution in [0.25, 0.3) is 0 Å². The molecule has 5 nitrogen and oxygen atoms in total. The predicted octanol–water partition coefficient (Wildman–Crippen LogP) is 0.672. The van der Waals surface area contributed by atoms with Gasteiger partial charge in [-0.1, -0.05) is 0 Å². The van der Waals surface area contributed by atoms with Gasteiger partial charge in [-0.25, -0.2) is 9.97 Å². The van der Waals surface area contributed by atoms with E-state index in [-0.39, 0.29) is 23.9 Å². The molecule has 1 saturated heterocycles. The summed E-state index contributed by atoms with van der Waals surface area (Å²) in [5.74, 6) is -0.303. The first-order valence-corrected chi connectivity index (χ1v) is 5.35. The second-order valence-corrected chi connectivity index (χ2v) is 3.76. The molecule has 0 aliphatic carbocycles. The van der Waals surface area contributed by atoms with Crippen LogP contribution < -0.4 is 0 Å². The van der Waals surface area contributed by atoms with Crippen LogP contribution in [-0.2, 0) is 4.79 Å². The number of carbonyl (C=O) groups excluding carboxylic acids is 2. The van der Waals surface area contributed by atoms with Crippen LogP contribution in [0.4, 0.5) is 0 Å². The Bertz CT molecular complexity index is 385. The maximum atomic E-state index is 11.7. The largest absolute Gasteiger partial charge is 0.342 e. The number of rotatable bonds is 3. The van der Waals surface area contributed by atoms with E-state index < -0.39 is 0 Å². The molecule has 0 atom stereocenters. The summed E-state index contributed by atoms with van der Waals surface area (Å²) >= 11 is 0. The van der Waals surface area contributed by atoms with Crippen molar-refractivity contribution in [3.63, 3.8) is 0 Å². The lowest BCUT2D eigenvalue weighted by atomic mass is 10.2. The van der Waals surface area contributed by atoms with Gasteiger partial charge in [-0.3, -0.25) is 9.59 Å². The fourth-order valence-corrected chi connectivity index (χ4v) is 1.74. The Morgan fingerprint density at radius 1 is 1.19 bits per heavy atom. The molecule has 2 heterocycles. The van der Waals surface area contributed by atoms with E-state index in [2.05, 4.69) is 9.97 Å². The molecule has 0 spiro atoms. The molecule has 1 aromatic rings. The Hall–Kier alpha value is -1.78. The van der Waals surface area contributed by atoms with Gasteiger partial charge in [0.05, 0.1) is 6.42 Å². The van der Waals surface area contributed by atoms with E-state index in [0.717, 1.165) is 25.9 Å². The summed E-state index contributed by atoms with van der Waals surface area (Å²) in [5, 5.41) is 0. The fourth-order valence-electron chi connectivity index (χ4n) is 1.74. The van der Waals surface area contributed by atoms with Crippen molar-refractivity contribution in [2.24, 2.45) is 0 Å². The maximum Gasteiger partial charge on any atom is 0.230 e. The van der Waals surface area contributed by atoms with Crippen molar-refractivity contribution in [1.82, 2.24) is 14.9 Å². The van der Waals surface area contributed by atoms with Crippen molar-refractivity contribution in [3.8, 4) is 0 Å². The molecular weight excluding hydrogens is 206 g/mol. The molecule has 0 N–H and O–H groups in total. The van der Waals surface area contributed by atoms with Gasteiger partial charge in [0, 0.05) is 25.5 Å². The number of nitrogens with zero attached hydrogens (tertiary/aromatic N) is 3. The molecule has 1 aliphatic heterocycles. The molecule has 0 unspecified atom stereocenters. The predicted molar refractivity (Wildman–Crippen MR) is 56.8 cm³/mol. The van der Waals surface area contributed by atoms with Crippen LogP contribution in [0.1, 0.15) is 29.9 Å². The number of hydrogen-bond acceptors (Lipinski definition) is 4. The summed E-state index contributed by atoms with van der Waals surface area (Å²) in [5.41, 5.74) is 0. The first kappa shape index (κ1) is 10.7. The molecule has 0 aromatic carbocycles. The Kier molecular flexibility index (Phi) is 3.24. The molecule has 16 heavy (non-hydrogen) atoms. The van der Waals surface area contributed by atoms with E-state index in [0.29, 0.717) is 0 Å². The highest BCUT2D eigenvalue weighted by Crippen LogP contribution is 2.09. The average molecular weight is 219 g/mol. The minimum Gasteiger partial charge on any atom is -0.342 e. The van der Waals surface area contributed by atoms with Crippen LogP contribution in [0.5, 0.6) is 0 Å². The lowest BCUT2D eigenvalue weighted by Crippen LogP contribution is -2.29. The molecule has 1 aromatic heterocycles. The molecule has 0 saturated carbocycles. The molecule has 1 fully saturated rings. The fraction of sp³-hybridized carbons (Fsp3) is 0.455. The van der Waals surface area contributed by atoms with Gasteiger partial charge >= 0.3 is 0 Å². The van der Waals surface area contributed by atoms with E-state index in [9.17, 15) is 9.59 Å². The SMILES string of the molecule is O=C(CC(=O)N1CCCC1)c1ncccn1. The van der Waals surface area contributed by atoms with Crippen molar-refractivity contribution in [2.45, 2.75) is 19.3 Å². The smallest absolute Gasteiger partial charge is 0.230 e. The van der Waals surface area contributed by atoms with Gasteiger partial charge in [0.25, 0.3) is 0 Å². The summed E-state index contributed by atoms with van der Waals surface area (Å²) in [6, 6.07) is 1.64. The second kappa shape index (κ2) is 4.83. The zero-order valence-electron chi connectivity index (χ0n) is 8.93. The zero-order valence-corrected chi connectivity index (χ0v) is 8.93. The van der Waals surface area contributed by atoms with Crippen LogP contribution in [0, 0.1) is 0 Å². The molecule has 0 bridgehead atoms. The van der Waals surface area contributed by atoms with E-state index in [1.54, 1.807) is 11.0 Å². The van der Waals surface area contributed by atoms with Crippen LogP contribution in [0.2, 0.25) is 0 Å². The number of hydrogen-bond donors (Lipinski definition) is 0. The van der Waals surface area contributed by atoms with Crippen molar-refractivity contribution < 1.29 is 9.59 Å². The average Bonchev–Trinajstić information content (AvgIpc) is 2.83. The Labute approximate surface area is 93.5 Å². The molecule has 84 valence electrons. The number of carbonyl (C=O) groups is 2. The van der Waals surface area contributed by atoms with Gasteiger partial charge in [0.1, 0.15) is 0 Å². The number of aromatic nitrogens is 2. The van der Waals surface area contributed by atoms with Crippen LogP contribution in [-0.4, -0.2) is 39.6 Å². The van der Waals surface area contributed by atoms with Gasteiger partial charge < -0.3 is 4.90 Å². The van der Waals surface area contributed by atoms with Crippen LogP contribution in [0.15, 0.2) is 18.5 Å². The maximum absolute atomic E-state index is 11.7. The highest BCUT2D eigenvalue weighted by atomic mass is 16.2. The molecule has 2 rings (SSSR count). The monoisotopic (exact) mass is 219 g/mol. The molecule has 1 amide bonds. The highest BCUT2D eigenvalue weighted by Gasteiger charge is 2.21. The van der Waals surface area contributed by atoms with Gasteiger partial charge in [0.15, 0.2) is 5.82 Å². The molecule has 0 radical (unpaired) electrons. The molecular formula is C11H13N3O2. The molecule has 5 heteroatoms. The summed E-state index contributed by atoms with van der Waals surface area (Å²) in [6.45, 7) is 1.53. The third-order valence-corrected chi connectivity index (χ3v) is 2.59. The third-order valence-electron chi connectivity index (χ3n) is 2.59. The van der Waals surface area contributed by atoms with E-state index >= 15 is 0 Å². The van der Waals surface area contributed by atoms with E-state index in [4.69, 9.17) is 0 Å². The minimum atomic E-state index is -0.308. The van der Waals surface area contributed by atoms with Crippen molar-refractivity contribution >= 4 is 11.7 Å². The first-order chi connectivity index (χ1) is 7.77. The van der Waals surface area contributed by atoms with Crippen molar-refractivity contribution in [1.29, 1.82) is 0 Å². The zero-order chi connectivity index (χ0) is 11.4. The number of Topliss-reactive ketones (excluding diaryl/α,β-unsaturated/α-hetero) is 1. The number of ketones is 1. The first-order valence-electron chi connectivity index (χ1n) is 5.35. The normalized spacial score (nSPS) is 15.1. The van der Waals surface area contributed by atoms with Gasteiger partial charge in [0.2, 0.25) is 11.7 Å². The topological polar surface area (TPSA) is 63.2 Å². The lowest BCUT2D eigenvalue weighted by Gasteiger charge is -2.13. The Balaban J connectivity index is 1.94. The van der Waals surface area contributed by atoms with Crippen molar-refractivity contribution in [3.05, 3.63) is 24.3 Å². The third kappa shape index (κ3) is 2.42. The highest BCUT2D eigenvalue weighted by molar-refractivity contribution is 6.05. The number of amides is 1.